The van der Waals surface area contributed by atoms with E-state index in [1.54, 1.807) is 24.3 Å². The van der Waals surface area contributed by atoms with Gasteiger partial charge in [0, 0.05) is 5.69 Å². The van der Waals surface area contributed by atoms with Gasteiger partial charge in [-0.2, -0.15) is 0 Å². The van der Waals surface area contributed by atoms with Gasteiger partial charge in [0.05, 0.1) is 36.2 Å². The van der Waals surface area contributed by atoms with Gasteiger partial charge < -0.3 is 14.8 Å². The van der Waals surface area contributed by atoms with E-state index in [1.165, 1.54) is 32.2 Å². The lowest BCUT2D eigenvalue weighted by Gasteiger charge is -2.28. The average molecular weight is 455 g/mol. The highest BCUT2D eigenvalue weighted by Gasteiger charge is 2.29. The van der Waals surface area contributed by atoms with Crippen molar-refractivity contribution in [2.24, 2.45) is 0 Å². The van der Waals surface area contributed by atoms with Crippen LogP contribution in [0, 0.1) is 0 Å². The molecule has 8 nitrogen and oxygen atoms in total. The molecule has 0 saturated carbocycles. The van der Waals surface area contributed by atoms with Crippen LogP contribution in [0.5, 0.6) is 5.75 Å². The fraction of sp³-hybridized carbons (Fsp3) is 0.300. The van der Waals surface area contributed by atoms with Gasteiger partial charge in [-0.05, 0) is 56.3 Å². The van der Waals surface area contributed by atoms with Crippen LogP contribution >= 0.6 is 11.6 Å². The third-order valence-electron chi connectivity index (χ3n) is 4.13. The van der Waals surface area contributed by atoms with Crippen LogP contribution in [0.25, 0.3) is 0 Å². The SMILES string of the molecule is CCOc1ccc(N([C@H](C)C(=O)Nc2ccc(Cl)c(C(=O)OC)c2)S(C)(=O)=O)cc1. The first-order valence-corrected chi connectivity index (χ1v) is 11.2. The minimum absolute atomic E-state index is 0.0797. The molecule has 0 heterocycles. The Kier molecular flexibility index (Phi) is 7.69. The molecule has 0 saturated heterocycles. The van der Waals surface area contributed by atoms with Crippen LogP contribution in [0.15, 0.2) is 42.5 Å². The maximum Gasteiger partial charge on any atom is 0.339 e. The number of halogens is 1. The van der Waals surface area contributed by atoms with Gasteiger partial charge in [0.2, 0.25) is 15.9 Å². The predicted molar refractivity (Wildman–Crippen MR) is 116 cm³/mol. The zero-order valence-electron chi connectivity index (χ0n) is 17.0. The Bertz CT molecular complexity index is 1020. The molecule has 0 aromatic heterocycles. The number of benzene rings is 2. The first-order chi connectivity index (χ1) is 14.1. The van der Waals surface area contributed by atoms with E-state index >= 15 is 0 Å². The number of anilines is 2. The second kappa shape index (κ2) is 9.82. The molecule has 2 rings (SSSR count). The lowest BCUT2D eigenvalue weighted by molar-refractivity contribution is -0.116. The Hall–Kier alpha value is -2.78. The van der Waals surface area contributed by atoms with Crippen LogP contribution in [0.4, 0.5) is 11.4 Å². The van der Waals surface area contributed by atoms with Crippen molar-refractivity contribution in [3.63, 3.8) is 0 Å². The van der Waals surface area contributed by atoms with E-state index in [2.05, 4.69) is 10.1 Å². The lowest BCUT2D eigenvalue weighted by atomic mass is 10.2. The van der Waals surface area contributed by atoms with E-state index in [4.69, 9.17) is 16.3 Å². The zero-order chi connectivity index (χ0) is 22.5. The van der Waals surface area contributed by atoms with Gasteiger partial charge in [-0.1, -0.05) is 11.6 Å². The third-order valence-corrected chi connectivity index (χ3v) is 5.70. The number of amides is 1. The Morgan fingerprint density at radius 3 is 2.33 bits per heavy atom. The van der Waals surface area contributed by atoms with Crippen LogP contribution < -0.4 is 14.4 Å². The lowest BCUT2D eigenvalue weighted by Crippen LogP contribution is -2.45. The normalized spacial score (nSPS) is 12.0. The molecular weight excluding hydrogens is 432 g/mol. The summed E-state index contributed by atoms with van der Waals surface area (Å²) in [5.74, 6) is -0.660. The number of nitrogens with one attached hydrogen (secondary N) is 1. The molecule has 2 aromatic rings. The Labute approximate surface area is 180 Å². The van der Waals surface area contributed by atoms with E-state index in [9.17, 15) is 18.0 Å². The molecule has 0 aliphatic heterocycles. The van der Waals surface area contributed by atoms with Crippen molar-refractivity contribution in [2.75, 3.05) is 29.6 Å². The average Bonchev–Trinajstić information content (AvgIpc) is 2.69. The topological polar surface area (TPSA) is 102 Å². The number of sulfonamides is 1. The monoisotopic (exact) mass is 454 g/mol. The van der Waals surface area contributed by atoms with Crippen LogP contribution in [-0.2, 0) is 19.6 Å². The smallest absolute Gasteiger partial charge is 0.339 e. The Morgan fingerprint density at radius 1 is 1.17 bits per heavy atom. The second-order valence-electron chi connectivity index (χ2n) is 6.34. The summed E-state index contributed by atoms with van der Waals surface area (Å²) < 4.78 is 35.8. The van der Waals surface area contributed by atoms with E-state index in [0.717, 1.165) is 10.6 Å². The van der Waals surface area contributed by atoms with Crippen molar-refractivity contribution >= 4 is 44.9 Å². The van der Waals surface area contributed by atoms with Crippen molar-refractivity contribution in [3.05, 3.63) is 53.1 Å². The van der Waals surface area contributed by atoms with Crippen molar-refractivity contribution in [1.29, 1.82) is 0 Å². The molecule has 2 aromatic carbocycles. The van der Waals surface area contributed by atoms with Gasteiger partial charge in [0.15, 0.2) is 0 Å². The van der Waals surface area contributed by atoms with Gasteiger partial charge in [-0.15, -0.1) is 0 Å². The third kappa shape index (κ3) is 5.64. The highest BCUT2D eigenvalue weighted by Crippen LogP contribution is 2.25. The van der Waals surface area contributed by atoms with Gasteiger partial charge in [-0.3, -0.25) is 9.10 Å². The number of rotatable bonds is 8. The van der Waals surface area contributed by atoms with Gasteiger partial charge in [-0.25, -0.2) is 13.2 Å². The van der Waals surface area contributed by atoms with E-state index < -0.39 is 27.9 Å². The molecule has 0 radical (unpaired) electrons. The van der Waals surface area contributed by atoms with Gasteiger partial charge in [0.25, 0.3) is 0 Å². The number of carbonyl (C=O) groups excluding carboxylic acids is 2. The quantitative estimate of drug-likeness (QED) is 0.614. The van der Waals surface area contributed by atoms with Crippen LogP contribution in [0.1, 0.15) is 24.2 Å². The Morgan fingerprint density at radius 2 is 1.80 bits per heavy atom. The molecule has 0 aliphatic carbocycles. The fourth-order valence-corrected chi connectivity index (χ4v) is 4.15. The highest BCUT2D eigenvalue weighted by molar-refractivity contribution is 7.92. The summed E-state index contributed by atoms with van der Waals surface area (Å²) in [4.78, 5) is 24.6. The molecule has 1 atom stereocenters. The van der Waals surface area contributed by atoms with Gasteiger partial charge in [0.1, 0.15) is 11.8 Å². The molecule has 0 bridgehead atoms. The second-order valence-corrected chi connectivity index (χ2v) is 8.60. The van der Waals surface area contributed by atoms with Crippen LogP contribution in [0.2, 0.25) is 5.02 Å². The molecule has 0 aliphatic rings. The number of methoxy groups -OCH3 is 1. The number of esters is 1. The summed E-state index contributed by atoms with van der Waals surface area (Å²) in [6.07, 6.45) is 1.02. The largest absolute Gasteiger partial charge is 0.494 e. The van der Waals surface area contributed by atoms with Crippen LogP contribution in [0.3, 0.4) is 0 Å². The van der Waals surface area contributed by atoms with Gasteiger partial charge >= 0.3 is 5.97 Å². The molecular formula is C20H23ClN2O6S. The van der Waals surface area contributed by atoms with Crippen molar-refractivity contribution in [2.45, 2.75) is 19.9 Å². The summed E-state index contributed by atoms with van der Waals surface area (Å²) in [7, 11) is -2.56. The summed E-state index contributed by atoms with van der Waals surface area (Å²) >= 11 is 5.98. The summed E-state index contributed by atoms with van der Waals surface area (Å²) in [5, 5.41) is 2.77. The predicted octanol–water partition coefficient (Wildman–Crippen LogP) is 3.32. The molecule has 0 unspecified atom stereocenters. The maximum absolute atomic E-state index is 12.8. The Balaban J connectivity index is 2.29. The molecule has 1 amide bonds. The number of nitrogens with zero attached hydrogens (tertiary/aromatic N) is 1. The highest BCUT2D eigenvalue weighted by atomic mass is 35.5. The van der Waals surface area contributed by atoms with Crippen molar-refractivity contribution in [1.82, 2.24) is 0 Å². The van der Waals surface area contributed by atoms with Crippen molar-refractivity contribution in [3.8, 4) is 5.75 Å². The number of hydrogen-bond acceptors (Lipinski definition) is 6. The van der Waals surface area contributed by atoms with E-state index in [0.29, 0.717) is 18.0 Å². The summed E-state index contributed by atoms with van der Waals surface area (Å²) in [6, 6.07) is 9.61. The van der Waals surface area contributed by atoms with Crippen molar-refractivity contribution < 1.29 is 27.5 Å². The fourth-order valence-electron chi connectivity index (χ4n) is 2.78. The van der Waals surface area contributed by atoms with E-state index in [1.807, 2.05) is 6.92 Å². The maximum atomic E-state index is 12.8. The van der Waals surface area contributed by atoms with E-state index in [-0.39, 0.29) is 16.3 Å². The molecule has 1 N–H and O–H groups in total. The standard InChI is InChI=1S/C20H23ClN2O6S/c1-5-29-16-9-7-15(8-10-16)23(30(4,26)27)13(2)19(24)22-14-6-11-18(21)17(12-14)20(25)28-3/h6-13H,5H2,1-4H3,(H,22,24)/t13-/m1/s1. The first kappa shape index (κ1) is 23.5. The first-order valence-electron chi connectivity index (χ1n) is 8.99. The minimum atomic E-state index is -3.78. The molecule has 162 valence electrons. The van der Waals surface area contributed by atoms with Crippen LogP contribution in [-0.4, -0.2) is 46.3 Å². The molecule has 0 spiro atoms. The number of carbonyl (C=O) groups is 2. The summed E-state index contributed by atoms with van der Waals surface area (Å²) in [5.41, 5.74) is 0.669. The zero-order valence-corrected chi connectivity index (χ0v) is 18.6. The number of ether oxygens (including phenoxy) is 2. The summed E-state index contributed by atoms with van der Waals surface area (Å²) in [6.45, 7) is 3.78. The molecule has 0 fully saturated rings. The minimum Gasteiger partial charge on any atom is -0.494 e. The number of hydrogen-bond donors (Lipinski definition) is 1. The molecule has 10 heteroatoms. The molecule has 30 heavy (non-hydrogen) atoms.